The smallest absolute Gasteiger partial charge is 0.187 e. The van der Waals surface area contributed by atoms with Crippen LogP contribution in [0.1, 0.15) is 6.42 Å². The molecule has 0 bridgehead atoms. The molecule has 0 spiro atoms. The highest BCUT2D eigenvalue weighted by atomic mass is 16.7. The summed E-state index contributed by atoms with van der Waals surface area (Å²) in [7, 11) is 0. The molecule has 16 heteroatoms. The van der Waals surface area contributed by atoms with Crippen molar-refractivity contribution in [3.05, 3.63) is 0 Å². The van der Waals surface area contributed by atoms with Gasteiger partial charge in [0, 0.05) is 12.5 Å². The molecule has 0 aliphatic carbocycles. The number of aliphatic hydroxyl groups excluding tert-OH is 11. The zero-order valence-corrected chi connectivity index (χ0v) is 19.2. The van der Waals surface area contributed by atoms with Gasteiger partial charge in [0.25, 0.3) is 0 Å². The molecule has 3 aliphatic heterocycles. The molecule has 3 heterocycles. The van der Waals surface area contributed by atoms with Crippen molar-refractivity contribution in [3.63, 3.8) is 0 Å². The van der Waals surface area contributed by atoms with Crippen molar-refractivity contribution >= 4 is 0 Å². The van der Waals surface area contributed by atoms with Crippen molar-refractivity contribution in [2.45, 2.75) is 92.4 Å². The SMILES string of the molecule is OCC[C@H]1[C@@H](O[C@H]2O[C@H](CO)[C@@H](O)[C@H](O)[C@@H]2O)[C@H](O)[C@@H](CO[C@H]2O[C@H](CO)[C@@H](O)[C@H](O)[C@@H]2O)O[C@@H]1O. The van der Waals surface area contributed by atoms with Crippen LogP contribution in [0.4, 0.5) is 0 Å². The van der Waals surface area contributed by atoms with Gasteiger partial charge in [-0.25, -0.2) is 0 Å². The zero-order chi connectivity index (χ0) is 26.7. The van der Waals surface area contributed by atoms with Crippen LogP contribution in [0.15, 0.2) is 0 Å². The Morgan fingerprint density at radius 3 is 1.61 bits per heavy atom. The van der Waals surface area contributed by atoms with Crippen LogP contribution < -0.4 is 0 Å². The van der Waals surface area contributed by atoms with Crippen molar-refractivity contribution in [1.82, 2.24) is 0 Å². The van der Waals surface area contributed by atoms with Gasteiger partial charge < -0.3 is 79.9 Å². The minimum absolute atomic E-state index is 0.124. The Morgan fingerprint density at radius 1 is 0.556 bits per heavy atom. The fourth-order valence-electron chi connectivity index (χ4n) is 4.49. The maximum Gasteiger partial charge on any atom is 0.187 e. The first-order valence-corrected chi connectivity index (χ1v) is 11.6. The summed E-state index contributed by atoms with van der Waals surface area (Å²) in [5.74, 6) is -1.05. The predicted octanol–water partition coefficient (Wildman–Crippen LogP) is -6.94. The predicted molar refractivity (Wildman–Crippen MR) is 110 cm³/mol. The highest BCUT2D eigenvalue weighted by molar-refractivity contribution is 4.94. The average molecular weight is 532 g/mol. The van der Waals surface area contributed by atoms with Gasteiger partial charge in [0.2, 0.25) is 0 Å². The van der Waals surface area contributed by atoms with Crippen molar-refractivity contribution in [2.24, 2.45) is 5.92 Å². The molecule has 0 unspecified atom stereocenters. The molecular weight excluding hydrogens is 496 g/mol. The minimum Gasteiger partial charge on any atom is -0.396 e. The molecule has 3 aliphatic rings. The van der Waals surface area contributed by atoms with Crippen molar-refractivity contribution in [1.29, 1.82) is 0 Å². The summed E-state index contributed by atoms with van der Waals surface area (Å²) in [5, 5.41) is 110. The standard InChI is InChI=1S/C20H36O16/c21-2-1-6-17(36-20-16(30)14(28)11(25)8(4-23)35-20)12(26)9(33-18(6)31)5-32-19-15(29)13(27)10(24)7(3-22)34-19/h6-31H,1-5H2/t6-,7+,8+,9+,10+,11+,12+,13-,14-,15-,16-,17+,18-,19-,20+/m0/s1. The largest absolute Gasteiger partial charge is 0.396 e. The molecule has 0 radical (unpaired) electrons. The Morgan fingerprint density at radius 2 is 1.08 bits per heavy atom. The minimum atomic E-state index is -1.80. The molecule has 11 N–H and O–H groups in total. The number of hydrogen-bond donors (Lipinski definition) is 11. The molecule has 0 amide bonds. The summed E-state index contributed by atoms with van der Waals surface area (Å²) in [6.07, 6.45) is -22.1. The normalized spacial score (nSPS) is 50.2. The quantitative estimate of drug-likeness (QED) is 0.132. The molecule has 3 fully saturated rings. The lowest BCUT2D eigenvalue weighted by atomic mass is 9.88. The molecule has 16 nitrogen and oxygen atoms in total. The van der Waals surface area contributed by atoms with Crippen molar-refractivity contribution in [2.75, 3.05) is 26.4 Å². The van der Waals surface area contributed by atoms with E-state index in [1.165, 1.54) is 0 Å². The Bertz CT molecular complexity index is 668. The molecule has 0 saturated carbocycles. The second kappa shape index (κ2) is 12.9. The molecule has 0 aromatic heterocycles. The Labute approximate surface area is 205 Å². The molecule has 15 atom stereocenters. The van der Waals surface area contributed by atoms with E-state index in [0.717, 1.165) is 0 Å². The van der Waals surface area contributed by atoms with E-state index in [1.54, 1.807) is 0 Å². The fraction of sp³-hybridized carbons (Fsp3) is 1.00. The van der Waals surface area contributed by atoms with Gasteiger partial charge in [-0.05, 0) is 6.42 Å². The van der Waals surface area contributed by atoms with Gasteiger partial charge in [0.05, 0.1) is 25.9 Å². The van der Waals surface area contributed by atoms with Crippen LogP contribution in [0.2, 0.25) is 0 Å². The highest BCUT2D eigenvalue weighted by Crippen LogP contribution is 2.34. The first kappa shape index (κ1) is 29.9. The van der Waals surface area contributed by atoms with Crippen LogP contribution in [-0.4, -0.2) is 169 Å². The van der Waals surface area contributed by atoms with Crippen LogP contribution in [0.3, 0.4) is 0 Å². The van der Waals surface area contributed by atoms with Gasteiger partial charge in [-0.1, -0.05) is 0 Å². The van der Waals surface area contributed by atoms with Gasteiger partial charge in [0.1, 0.15) is 61.0 Å². The fourth-order valence-corrected chi connectivity index (χ4v) is 4.49. The number of rotatable bonds is 9. The van der Waals surface area contributed by atoms with Gasteiger partial charge in [-0.15, -0.1) is 0 Å². The third-order valence-corrected chi connectivity index (χ3v) is 6.70. The summed E-state index contributed by atoms with van der Waals surface area (Å²) in [4.78, 5) is 0. The maximum absolute atomic E-state index is 10.9. The second-order valence-electron chi connectivity index (χ2n) is 9.06. The van der Waals surface area contributed by atoms with Crippen LogP contribution >= 0.6 is 0 Å². The molecule has 3 rings (SSSR count). The molecule has 212 valence electrons. The lowest BCUT2D eigenvalue weighted by Gasteiger charge is -2.47. The summed E-state index contributed by atoms with van der Waals surface area (Å²) in [6, 6.07) is 0. The van der Waals surface area contributed by atoms with E-state index in [9.17, 15) is 56.2 Å². The second-order valence-corrected chi connectivity index (χ2v) is 9.06. The van der Waals surface area contributed by atoms with Crippen LogP contribution in [0.25, 0.3) is 0 Å². The van der Waals surface area contributed by atoms with Crippen LogP contribution in [0, 0.1) is 5.92 Å². The van der Waals surface area contributed by atoms with Gasteiger partial charge in [-0.2, -0.15) is 0 Å². The van der Waals surface area contributed by atoms with E-state index in [1.807, 2.05) is 0 Å². The van der Waals surface area contributed by atoms with Crippen molar-refractivity contribution < 1.29 is 79.9 Å². The van der Waals surface area contributed by atoms with E-state index in [4.69, 9.17) is 23.7 Å². The summed E-state index contributed by atoms with van der Waals surface area (Å²) in [6.45, 7) is -2.41. The molecule has 3 saturated heterocycles. The van der Waals surface area contributed by atoms with Gasteiger partial charge in [-0.3, -0.25) is 0 Å². The Kier molecular flexibility index (Phi) is 10.8. The average Bonchev–Trinajstić information content (AvgIpc) is 2.86. The lowest BCUT2D eigenvalue weighted by molar-refractivity contribution is -0.356. The van der Waals surface area contributed by atoms with E-state index < -0.39 is 118 Å². The number of hydrogen-bond acceptors (Lipinski definition) is 16. The first-order chi connectivity index (χ1) is 17.0. The zero-order valence-electron chi connectivity index (χ0n) is 19.2. The Hall–Kier alpha value is -0.640. The van der Waals surface area contributed by atoms with Crippen molar-refractivity contribution in [3.8, 4) is 0 Å². The molecular formula is C20H36O16. The van der Waals surface area contributed by atoms with Gasteiger partial charge >= 0.3 is 0 Å². The van der Waals surface area contributed by atoms with Crippen LogP contribution in [0.5, 0.6) is 0 Å². The molecule has 0 aromatic carbocycles. The van der Waals surface area contributed by atoms with Gasteiger partial charge in [0.15, 0.2) is 18.9 Å². The topological polar surface area (TPSA) is 269 Å². The third-order valence-electron chi connectivity index (χ3n) is 6.70. The summed E-state index contributed by atoms with van der Waals surface area (Å²) < 4.78 is 26.9. The summed E-state index contributed by atoms with van der Waals surface area (Å²) in [5.41, 5.74) is 0. The monoisotopic (exact) mass is 532 g/mol. The van der Waals surface area contributed by atoms with E-state index in [0.29, 0.717) is 0 Å². The number of aliphatic hydroxyl groups is 11. The molecule has 0 aromatic rings. The van der Waals surface area contributed by atoms with E-state index in [-0.39, 0.29) is 6.42 Å². The molecule has 36 heavy (non-hydrogen) atoms. The van der Waals surface area contributed by atoms with E-state index in [2.05, 4.69) is 0 Å². The number of ether oxygens (including phenoxy) is 5. The Balaban J connectivity index is 1.71. The lowest BCUT2D eigenvalue weighted by Crippen LogP contribution is -2.63. The first-order valence-electron chi connectivity index (χ1n) is 11.6. The van der Waals surface area contributed by atoms with Crippen LogP contribution in [-0.2, 0) is 23.7 Å². The third kappa shape index (κ3) is 6.15. The summed E-state index contributed by atoms with van der Waals surface area (Å²) >= 11 is 0. The maximum atomic E-state index is 10.9. The highest BCUT2D eigenvalue weighted by Gasteiger charge is 2.51. The van der Waals surface area contributed by atoms with E-state index >= 15 is 0 Å².